The van der Waals surface area contributed by atoms with E-state index in [4.69, 9.17) is 4.74 Å². The van der Waals surface area contributed by atoms with Crippen LogP contribution in [0.25, 0.3) is 0 Å². The smallest absolute Gasteiger partial charge is 0.228 e. The van der Waals surface area contributed by atoms with E-state index < -0.39 is 15.4 Å². The van der Waals surface area contributed by atoms with Gasteiger partial charge in [-0.3, -0.25) is 9.78 Å². The van der Waals surface area contributed by atoms with E-state index in [-0.39, 0.29) is 17.2 Å². The largest absolute Gasteiger partial charge is 0.487 e. The van der Waals surface area contributed by atoms with Gasteiger partial charge in [-0.25, -0.2) is 8.42 Å². The summed E-state index contributed by atoms with van der Waals surface area (Å²) in [5, 5.41) is 2.85. The van der Waals surface area contributed by atoms with Gasteiger partial charge in [0.25, 0.3) is 0 Å². The number of hydrogen-bond acceptors (Lipinski definition) is 5. The number of amides is 1. The Kier molecular flexibility index (Phi) is 5.27. The molecule has 1 aromatic heterocycles. The van der Waals surface area contributed by atoms with Crippen molar-refractivity contribution in [2.24, 2.45) is 0 Å². The molecule has 0 spiro atoms. The molecule has 7 heteroatoms. The first-order chi connectivity index (χ1) is 12.4. The standard InChI is InChI=1S/C19H22N2O4S/c1-26(23,24)17-8-6-16(7-9-17)25-19(10-2-3-11-19)13-18(22)21-15-5-4-12-20-14-15/h4-9,12,14H,2-3,10-11,13H2,1H3,(H,21,22). The van der Waals surface area contributed by atoms with Crippen LogP contribution < -0.4 is 10.1 Å². The molecule has 1 N–H and O–H groups in total. The van der Waals surface area contributed by atoms with Crippen LogP contribution in [0.2, 0.25) is 0 Å². The highest BCUT2D eigenvalue weighted by atomic mass is 32.2. The Morgan fingerprint density at radius 2 is 1.88 bits per heavy atom. The van der Waals surface area contributed by atoms with E-state index in [1.165, 1.54) is 18.4 Å². The molecule has 0 atom stereocenters. The van der Waals surface area contributed by atoms with Crippen molar-refractivity contribution < 1.29 is 17.9 Å². The number of ether oxygens (including phenoxy) is 1. The van der Waals surface area contributed by atoms with Crippen molar-refractivity contribution in [3.8, 4) is 5.75 Å². The number of pyridine rings is 1. The Morgan fingerprint density at radius 1 is 1.19 bits per heavy atom. The van der Waals surface area contributed by atoms with Gasteiger partial charge in [-0.15, -0.1) is 0 Å². The molecule has 6 nitrogen and oxygen atoms in total. The molecule has 1 amide bonds. The van der Waals surface area contributed by atoms with Crippen LogP contribution in [-0.4, -0.2) is 31.2 Å². The van der Waals surface area contributed by atoms with Crippen LogP contribution in [0.3, 0.4) is 0 Å². The maximum atomic E-state index is 12.5. The number of carbonyl (C=O) groups excluding carboxylic acids is 1. The number of carbonyl (C=O) groups is 1. The third kappa shape index (κ3) is 4.60. The Morgan fingerprint density at radius 3 is 2.46 bits per heavy atom. The molecule has 1 aliphatic carbocycles. The number of anilines is 1. The Hall–Kier alpha value is -2.41. The molecule has 0 aliphatic heterocycles. The fourth-order valence-electron chi connectivity index (χ4n) is 3.27. The molecule has 0 radical (unpaired) electrons. The highest BCUT2D eigenvalue weighted by Crippen LogP contribution is 2.37. The van der Waals surface area contributed by atoms with Crippen molar-refractivity contribution in [3.05, 3.63) is 48.8 Å². The number of nitrogens with one attached hydrogen (secondary N) is 1. The fourth-order valence-corrected chi connectivity index (χ4v) is 3.90. The zero-order chi connectivity index (χ0) is 18.6. The van der Waals surface area contributed by atoms with Crippen LogP contribution in [0.5, 0.6) is 5.75 Å². The maximum Gasteiger partial charge on any atom is 0.228 e. The summed E-state index contributed by atoms with van der Waals surface area (Å²) in [6.07, 6.45) is 8.26. The first-order valence-electron chi connectivity index (χ1n) is 8.55. The van der Waals surface area contributed by atoms with Gasteiger partial charge < -0.3 is 10.1 Å². The van der Waals surface area contributed by atoms with Crippen molar-refractivity contribution in [2.75, 3.05) is 11.6 Å². The molecule has 0 bridgehead atoms. The summed E-state index contributed by atoms with van der Waals surface area (Å²) in [4.78, 5) is 16.7. The molecule has 0 saturated heterocycles. The van der Waals surface area contributed by atoms with E-state index in [0.29, 0.717) is 11.4 Å². The third-order valence-electron chi connectivity index (χ3n) is 4.53. The molecule has 1 heterocycles. The van der Waals surface area contributed by atoms with Crippen LogP contribution in [0.1, 0.15) is 32.1 Å². The van der Waals surface area contributed by atoms with Gasteiger partial charge >= 0.3 is 0 Å². The van der Waals surface area contributed by atoms with Gasteiger partial charge in [0, 0.05) is 12.5 Å². The fraction of sp³-hybridized carbons (Fsp3) is 0.368. The van der Waals surface area contributed by atoms with E-state index in [1.807, 2.05) is 0 Å². The second-order valence-corrected chi connectivity index (χ2v) is 8.72. The van der Waals surface area contributed by atoms with Crippen LogP contribution >= 0.6 is 0 Å². The van der Waals surface area contributed by atoms with E-state index in [2.05, 4.69) is 10.3 Å². The average Bonchev–Trinajstić information content (AvgIpc) is 3.03. The lowest BCUT2D eigenvalue weighted by Gasteiger charge is -2.30. The molecule has 138 valence electrons. The molecule has 26 heavy (non-hydrogen) atoms. The number of aromatic nitrogens is 1. The molecular weight excluding hydrogens is 352 g/mol. The van der Waals surface area contributed by atoms with Gasteiger partial charge in [-0.1, -0.05) is 0 Å². The number of sulfone groups is 1. The summed E-state index contributed by atoms with van der Waals surface area (Å²) < 4.78 is 29.3. The second-order valence-electron chi connectivity index (χ2n) is 6.70. The SMILES string of the molecule is CS(=O)(=O)c1ccc(OC2(CC(=O)Nc3cccnc3)CCCC2)cc1. The first-order valence-corrected chi connectivity index (χ1v) is 10.4. The van der Waals surface area contributed by atoms with Gasteiger partial charge in [0.15, 0.2) is 9.84 Å². The van der Waals surface area contributed by atoms with Gasteiger partial charge in [-0.2, -0.15) is 0 Å². The number of benzene rings is 1. The predicted molar refractivity (Wildman–Crippen MR) is 98.9 cm³/mol. The average molecular weight is 374 g/mol. The highest BCUT2D eigenvalue weighted by Gasteiger charge is 2.38. The second kappa shape index (κ2) is 7.45. The lowest BCUT2D eigenvalue weighted by molar-refractivity contribution is -0.120. The molecule has 1 aromatic carbocycles. The Labute approximate surface area is 153 Å². The van der Waals surface area contributed by atoms with Crippen molar-refractivity contribution in [1.29, 1.82) is 0 Å². The summed E-state index contributed by atoms with van der Waals surface area (Å²) in [6, 6.07) is 9.91. The van der Waals surface area contributed by atoms with Crippen molar-refractivity contribution in [2.45, 2.75) is 42.6 Å². The molecule has 1 aliphatic rings. The summed E-state index contributed by atoms with van der Waals surface area (Å²) >= 11 is 0. The van der Waals surface area contributed by atoms with Crippen molar-refractivity contribution >= 4 is 21.4 Å². The zero-order valence-corrected chi connectivity index (χ0v) is 15.5. The minimum atomic E-state index is -3.24. The molecule has 1 saturated carbocycles. The van der Waals surface area contributed by atoms with E-state index in [1.54, 1.807) is 36.7 Å². The maximum absolute atomic E-state index is 12.5. The summed E-state index contributed by atoms with van der Waals surface area (Å²) in [5.74, 6) is 0.459. The topological polar surface area (TPSA) is 85.4 Å². The summed E-state index contributed by atoms with van der Waals surface area (Å²) in [6.45, 7) is 0. The summed E-state index contributed by atoms with van der Waals surface area (Å²) in [5.41, 5.74) is 0.0990. The molecule has 3 rings (SSSR count). The normalized spacial score (nSPS) is 16.2. The van der Waals surface area contributed by atoms with Crippen LogP contribution in [0.4, 0.5) is 5.69 Å². The predicted octanol–water partition coefficient (Wildman–Crippen LogP) is 3.21. The molecule has 2 aromatic rings. The van der Waals surface area contributed by atoms with E-state index in [0.717, 1.165) is 25.7 Å². The van der Waals surface area contributed by atoms with E-state index >= 15 is 0 Å². The van der Waals surface area contributed by atoms with E-state index in [9.17, 15) is 13.2 Å². The Bertz CT molecular complexity index is 858. The Balaban J connectivity index is 1.70. The van der Waals surface area contributed by atoms with Gasteiger partial charge in [0.2, 0.25) is 5.91 Å². The van der Waals surface area contributed by atoms with Crippen LogP contribution in [0.15, 0.2) is 53.7 Å². The van der Waals surface area contributed by atoms with Crippen LogP contribution in [0, 0.1) is 0 Å². The molecule has 1 fully saturated rings. The molecule has 0 unspecified atom stereocenters. The van der Waals surface area contributed by atoms with Crippen LogP contribution in [-0.2, 0) is 14.6 Å². The lowest BCUT2D eigenvalue weighted by Crippen LogP contribution is -2.37. The number of hydrogen-bond donors (Lipinski definition) is 1. The van der Waals surface area contributed by atoms with Crippen molar-refractivity contribution in [1.82, 2.24) is 4.98 Å². The summed E-state index contributed by atoms with van der Waals surface area (Å²) in [7, 11) is -3.24. The third-order valence-corrected chi connectivity index (χ3v) is 5.66. The monoisotopic (exact) mass is 374 g/mol. The first kappa shape index (κ1) is 18.4. The minimum absolute atomic E-state index is 0.118. The lowest BCUT2D eigenvalue weighted by atomic mass is 9.96. The highest BCUT2D eigenvalue weighted by molar-refractivity contribution is 7.90. The molecular formula is C19H22N2O4S. The quantitative estimate of drug-likeness (QED) is 0.839. The van der Waals surface area contributed by atoms with Gasteiger partial charge in [0.1, 0.15) is 11.4 Å². The van der Waals surface area contributed by atoms with Gasteiger partial charge in [0.05, 0.1) is 23.2 Å². The zero-order valence-electron chi connectivity index (χ0n) is 14.6. The number of rotatable bonds is 6. The minimum Gasteiger partial charge on any atom is -0.487 e. The van der Waals surface area contributed by atoms with Crippen molar-refractivity contribution in [3.63, 3.8) is 0 Å². The van der Waals surface area contributed by atoms with Gasteiger partial charge in [-0.05, 0) is 62.1 Å². The number of nitrogens with zero attached hydrogens (tertiary/aromatic N) is 1.